The Morgan fingerprint density at radius 2 is 1.87 bits per heavy atom. The Labute approximate surface area is 167 Å². The fourth-order valence-corrected chi connectivity index (χ4v) is 2.57. The summed E-state index contributed by atoms with van der Waals surface area (Å²) in [6.45, 7) is 0. The molecule has 1 aliphatic rings. The average Bonchev–Trinajstić information content (AvgIpc) is 2.66. The first-order valence-electron chi connectivity index (χ1n) is 8.33. The molecule has 12 nitrogen and oxygen atoms in total. The van der Waals surface area contributed by atoms with Gasteiger partial charge in [-0.05, 0) is 29.4 Å². The molecule has 0 radical (unpaired) electrons. The van der Waals surface area contributed by atoms with Gasteiger partial charge in [0.25, 0.3) is 0 Å². The van der Waals surface area contributed by atoms with Gasteiger partial charge in [0.15, 0.2) is 6.04 Å². The van der Waals surface area contributed by atoms with E-state index in [2.05, 4.69) is 14.7 Å². The molecule has 1 aromatic rings. The zero-order chi connectivity index (χ0) is 22.4. The largest absolute Gasteiger partial charge is 0.480 e. The summed E-state index contributed by atoms with van der Waals surface area (Å²) in [5.41, 5.74) is -0.914. The number of aliphatic carboxylic acids is 3. The molecule has 0 aromatic carbocycles. The molecule has 2 atom stereocenters. The maximum atomic E-state index is 11.4. The number of nitrogens with zero attached hydrogens (tertiary/aromatic N) is 1. The van der Waals surface area contributed by atoms with Crippen LogP contribution in [0.1, 0.15) is 22.5 Å². The number of rotatable bonds is 8. The number of aromatic carboxylic acids is 1. The lowest BCUT2D eigenvalue weighted by Gasteiger charge is -2.21. The minimum absolute atomic E-state index is 0.0580. The first kappa shape index (κ1) is 22.1. The van der Waals surface area contributed by atoms with E-state index in [1.807, 2.05) is 0 Å². The van der Waals surface area contributed by atoms with Gasteiger partial charge in [0.1, 0.15) is 11.7 Å². The normalized spacial score (nSPS) is 18.5. The van der Waals surface area contributed by atoms with Gasteiger partial charge in [0, 0.05) is 25.1 Å². The predicted molar refractivity (Wildman–Crippen MR) is 98.5 cm³/mol. The van der Waals surface area contributed by atoms with Crippen LogP contribution in [0.15, 0.2) is 49.8 Å². The standard InChI is InChI=1S/C18H16N2O10/c21-14-7-9(6-13(30-14)18(28)29)5-10(15(22)23)19-2-1-8-3-11(16(24)25)20-12(4-8)17(26)27/h1-3,6-7,10,12,20H,4-5H2,(H,22,23)(H,24,25)(H,26,27)(H,28,29)/b8-1+,19-2?/t10-,12-/m0/s1. The third-order valence-corrected chi connectivity index (χ3v) is 3.94. The molecule has 0 amide bonds. The van der Waals surface area contributed by atoms with E-state index in [0.717, 1.165) is 18.3 Å². The molecule has 0 unspecified atom stereocenters. The van der Waals surface area contributed by atoms with Crippen LogP contribution in [0.5, 0.6) is 0 Å². The van der Waals surface area contributed by atoms with Crippen LogP contribution in [0.2, 0.25) is 0 Å². The van der Waals surface area contributed by atoms with Crippen LogP contribution in [0, 0.1) is 0 Å². The lowest BCUT2D eigenvalue weighted by atomic mass is 10.00. The van der Waals surface area contributed by atoms with Gasteiger partial charge in [-0.3, -0.25) is 4.99 Å². The molecule has 158 valence electrons. The molecule has 0 saturated carbocycles. The number of carboxylic acids is 4. The van der Waals surface area contributed by atoms with Gasteiger partial charge in [0.2, 0.25) is 5.76 Å². The van der Waals surface area contributed by atoms with Crippen molar-refractivity contribution < 1.29 is 44.0 Å². The van der Waals surface area contributed by atoms with Crippen LogP contribution in [-0.4, -0.2) is 62.6 Å². The van der Waals surface area contributed by atoms with Gasteiger partial charge in [-0.2, -0.15) is 0 Å². The van der Waals surface area contributed by atoms with Gasteiger partial charge >= 0.3 is 29.5 Å². The minimum atomic E-state index is -1.49. The molecule has 1 aliphatic heterocycles. The Morgan fingerprint density at radius 3 is 2.43 bits per heavy atom. The Balaban J connectivity index is 2.24. The maximum Gasteiger partial charge on any atom is 0.371 e. The maximum absolute atomic E-state index is 11.4. The molecule has 1 aromatic heterocycles. The summed E-state index contributed by atoms with van der Waals surface area (Å²) in [5, 5.41) is 38.7. The van der Waals surface area contributed by atoms with Crippen molar-refractivity contribution >= 4 is 30.1 Å². The van der Waals surface area contributed by atoms with Crippen molar-refractivity contribution in [2.45, 2.75) is 24.9 Å². The summed E-state index contributed by atoms with van der Waals surface area (Å²) >= 11 is 0. The van der Waals surface area contributed by atoms with Crippen molar-refractivity contribution in [2.75, 3.05) is 0 Å². The predicted octanol–water partition coefficient (Wildman–Crippen LogP) is -0.254. The summed E-state index contributed by atoms with van der Waals surface area (Å²) in [4.78, 5) is 59.9. The third-order valence-electron chi connectivity index (χ3n) is 3.94. The van der Waals surface area contributed by atoms with Gasteiger partial charge < -0.3 is 30.2 Å². The van der Waals surface area contributed by atoms with Crippen LogP contribution in [0.25, 0.3) is 0 Å². The zero-order valence-corrected chi connectivity index (χ0v) is 15.1. The number of carbonyl (C=O) groups is 4. The molecule has 0 spiro atoms. The third kappa shape index (κ3) is 5.89. The second-order valence-electron chi connectivity index (χ2n) is 6.15. The van der Waals surface area contributed by atoms with Crippen LogP contribution >= 0.6 is 0 Å². The van der Waals surface area contributed by atoms with E-state index < -0.39 is 47.3 Å². The molecule has 2 heterocycles. The Hall–Kier alpha value is -4.22. The zero-order valence-electron chi connectivity index (χ0n) is 15.1. The fraction of sp³-hybridized carbons (Fsp3) is 0.222. The summed E-state index contributed by atoms with van der Waals surface area (Å²) < 4.78 is 4.48. The van der Waals surface area contributed by atoms with E-state index in [4.69, 9.17) is 15.3 Å². The molecule has 0 saturated heterocycles. The monoisotopic (exact) mass is 420 g/mol. The van der Waals surface area contributed by atoms with Crippen molar-refractivity contribution in [3.63, 3.8) is 0 Å². The summed E-state index contributed by atoms with van der Waals surface area (Å²) in [6, 6.07) is -0.596. The molecule has 2 rings (SSSR count). The number of nitrogens with one attached hydrogen (secondary N) is 1. The summed E-state index contributed by atoms with van der Waals surface area (Å²) in [5.74, 6) is -6.11. The Kier molecular flexibility index (Phi) is 6.86. The Bertz CT molecular complexity index is 1030. The van der Waals surface area contributed by atoms with Crippen LogP contribution in [-0.2, 0) is 20.8 Å². The van der Waals surface area contributed by atoms with E-state index in [1.54, 1.807) is 0 Å². The highest BCUT2D eigenvalue weighted by Crippen LogP contribution is 2.16. The van der Waals surface area contributed by atoms with Crippen LogP contribution < -0.4 is 10.9 Å². The highest BCUT2D eigenvalue weighted by molar-refractivity contribution is 5.90. The number of carboxylic acid groups (broad SMARTS) is 4. The van der Waals surface area contributed by atoms with Gasteiger partial charge in [-0.1, -0.05) is 0 Å². The first-order chi connectivity index (χ1) is 14.1. The molecular formula is C18H16N2O10. The quantitative estimate of drug-likeness (QED) is 0.347. The molecule has 0 fully saturated rings. The minimum Gasteiger partial charge on any atom is -0.480 e. The highest BCUT2D eigenvalue weighted by atomic mass is 16.4. The van der Waals surface area contributed by atoms with Crippen LogP contribution in [0.4, 0.5) is 0 Å². The van der Waals surface area contributed by atoms with Crippen molar-refractivity contribution in [3.8, 4) is 0 Å². The van der Waals surface area contributed by atoms with Crippen molar-refractivity contribution in [3.05, 3.63) is 57.3 Å². The average molecular weight is 420 g/mol. The lowest BCUT2D eigenvalue weighted by molar-refractivity contribution is -0.140. The molecule has 5 N–H and O–H groups in total. The molecular weight excluding hydrogens is 404 g/mol. The number of hydrogen-bond donors (Lipinski definition) is 5. The van der Waals surface area contributed by atoms with Gasteiger partial charge in [-0.15, -0.1) is 0 Å². The first-order valence-corrected chi connectivity index (χ1v) is 8.33. The topological polar surface area (TPSA) is 204 Å². The molecule has 12 heteroatoms. The number of hydrogen-bond acceptors (Lipinski definition) is 8. The molecule has 0 aliphatic carbocycles. The second-order valence-corrected chi connectivity index (χ2v) is 6.15. The lowest BCUT2D eigenvalue weighted by Crippen LogP contribution is -2.41. The van der Waals surface area contributed by atoms with Crippen molar-refractivity contribution in [1.29, 1.82) is 0 Å². The summed E-state index contributed by atoms with van der Waals surface area (Å²) in [6.07, 6.45) is 3.19. The van der Waals surface area contributed by atoms with Crippen molar-refractivity contribution in [2.24, 2.45) is 4.99 Å². The Morgan fingerprint density at radius 1 is 1.17 bits per heavy atom. The van der Waals surface area contributed by atoms with E-state index in [-0.39, 0.29) is 24.1 Å². The molecule has 0 bridgehead atoms. The number of allylic oxidation sites excluding steroid dienone is 2. The smallest absolute Gasteiger partial charge is 0.371 e. The van der Waals surface area contributed by atoms with Crippen molar-refractivity contribution in [1.82, 2.24) is 5.32 Å². The van der Waals surface area contributed by atoms with E-state index in [0.29, 0.717) is 5.57 Å². The number of aliphatic imine (C=N–C) groups is 1. The van der Waals surface area contributed by atoms with E-state index >= 15 is 0 Å². The highest BCUT2D eigenvalue weighted by Gasteiger charge is 2.26. The summed E-state index contributed by atoms with van der Waals surface area (Å²) in [7, 11) is 0. The molecule has 30 heavy (non-hydrogen) atoms. The van der Waals surface area contributed by atoms with E-state index in [9.17, 15) is 29.1 Å². The van der Waals surface area contributed by atoms with Gasteiger partial charge in [0.05, 0.1) is 0 Å². The van der Waals surface area contributed by atoms with Gasteiger partial charge in [-0.25, -0.2) is 24.0 Å². The van der Waals surface area contributed by atoms with E-state index in [1.165, 1.54) is 12.2 Å². The second kappa shape index (κ2) is 9.32. The SMILES string of the molecule is O=C(O)C1=C/C(=C\C=N[C@@H](Cc2cc(C(=O)O)oc(=O)c2)C(=O)O)C[C@@H](C(=O)O)N1. The fourth-order valence-electron chi connectivity index (χ4n) is 2.57. The van der Waals surface area contributed by atoms with Crippen LogP contribution in [0.3, 0.4) is 0 Å².